The maximum Gasteiger partial charge on any atom is 0.251 e. The fourth-order valence-corrected chi connectivity index (χ4v) is 4.34. The van der Waals surface area contributed by atoms with Gasteiger partial charge in [0.1, 0.15) is 15.6 Å². The summed E-state index contributed by atoms with van der Waals surface area (Å²) in [4.78, 5) is 12.4. The minimum Gasteiger partial charge on any atom is -0.453 e. The van der Waals surface area contributed by atoms with E-state index in [1.807, 2.05) is 6.07 Å². The largest absolute Gasteiger partial charge is 0.453 e. The predicted octanol–water partition coefficient (Wildman–Crippen LogP) is 5.21. The van der Waals surface area contributed by atoms with Crippen LogP contribution in [0.25, 0.3) is 11.5 Å². The molecule has 0 atom stereocenters. The molecule has 0 aliphatic carbocycles. The molecular weight excluding hydrogens is 570 g/mol. The molecule has 1 heterocycles. The molecule has 1 N–H and O–H groups in total. The number of amides is 1. The van der Waals surface area contributed by atoms with Gasteiger partial charge in [-0.25, -0.2) is 12.8 Å². The molecule has 0 fully saturated rings. The summed E-state index contributed by atoms with van der Waals surface area (Å²) in [5.41, 5.74) is 1.11. The van der Waals surface area contributed by atoms with Gasteiger partial charge in [0.25, 0.3) is 5.91 Å². The van der Waals surface area contributed by atoms with Crippen molar-refractivity contribution >= 4 is 38.9 Å². The van der Waals surface area contributed by atoms with E-state index in [-0.39, 0.29) is 68.7 Å². The van der Waals surface area contributed by atoms with E-state index in [1.165, 1.54) is 36.4 Å². The van der Waals surface area contributed by atoms with Crippen LogP contribution < -0.4 is 10.1 Å². The third kappa shape index (κ3) is 7.32. The molecule has 0 spiro atoms. The number of benzene rings is 3. The normalized spacial score (nSPS) is 11.2. The van der Waals surface area contributed by atoms with E-state index in [0.29, 0.717) is 5.56 Å². The topological polar surface area (TPSA) is 135 Å². The first-order valence-corrected chi connectivity index (χ1v) is 14.1. The lowest BCUT2D eigenvalue weighted by Gasteiger charge is -2.11. The van der Waals surface area contributed by atoms with Crippen LogP contribution in [-0.2, 0) is 16.3 Å². The van der Waals surface area contributed by atoms with Gasteiger partial charge >= 0.3 is 0 Å². The van der Waals surface area contributed by atoms with Crippen molar-refractivity contribution < 1.29 is 26.8 Å². The van der Waals surface area contributed by atoms with Gasteiger partial charge in [-0.1, -0.05) is 35.3 Å². The highest BCUT2D eigenvalue weighted by Gasteiger charge is 2.19. The first kappa shape index (κ1) is 28.0. The van der Waals surface area contributed by atoms with Gasteiger partial charge in [0.15, 0.2) is 11.6 Å². The lowest BCUT2D eigenvalue weighted by molar-refractivity contribution is 0.0956. The van der Waals surface area contributed by atoms with Crippen LogP contribution in [0.2, 0.25) is 10.0 Å². The lowest BCUT2D eigenvalue weighted by atomic mass is 10.1. The Morgan fingerprint density at radius 1 is 1.15 bits per heavy atom. The van der Waals surface area contributed by atoms with Gasteiger partial charge in [0.05, 0.1) is 28.8 Å². The van der Waals surface area contributed by atoms with Crippen molar-refractivity contribution in [3.63, 3.8) is 0 Å². The maximum absolute atomic E-state index is 15.4. The van der Waals surface area contributed by atoms with Crippen LogP contribution in [0, 0.1) is 17.1 Å². The van der Waals surface area contributed by atoms with Gasteiger partial charge in [-0.3, -0.25) is 4.79 Å². The summed E-state index contributed by atoms with van der Waals surface area (Å²) in [5.74, 6) is -1.32. The number of carbonyl (C=O) groups excluding carboxylic acids is 1. The Morgan fingerprint density at radius 3 is 2.69 bits per heavy atom. The molecule has 0 aliphatic rings. The Bertz CT molecular complexity index is 1700. The monoisotopic (exact) mass is 588 g/mol. The molecule has 1 aromatic heterocycles. The third-order valence-electron chi connectivity index (χ3n) is 5.29. The zero-order chi connectivity index (χ0) is 28.2. The molecule has 0 aliphatic heterocycles. The van der Waals surface area contributed by atoms with Crippen molar-refractivity contribution in [1.82, 2.24) is 15.5 Å². The minimum atomic E-state index is -3.21. The van der Waals surface area contributed by atoms with Crippen molar-refractivity contribution in [2.24, 2.45) is 0 Å². The number of sulfone groups is 1. The number of hydrogen-bond donors (Lipinski definition) is 1. The van der Waals surface area contributed by atoms with Crippen LogP contribution >= 0.6 is 23.2 Å². The highest BCUT2D eigenvalue weighted by Crippen LogP contribution is 2.36. The fraction of sp³-hybridized carbons (Fsp3) is 0.154. The molecule has 1 amide bonds. The van der Waals surface area contributed by atoms with Crippen LogP contribution in [0.1, 0.15) is 27.4 Å². The highest BCUT2D eigenvalue weighted by atomic mass is 35.5. The Kier molecular flexibility index (Phi) is 8.50. The summed E-state index contributed by atoms with van der Waals surface area (Å²) in [6.07, 6.45) is 0.998. The number of halogens is 3. The second-order valence-electron chi connectivity index (χ2n) is 8.38. The van der Waals surface area contributed by atoms with Crippen molar-refractivity contribution in [2.75, 3.05) is 18.6 Å². The number of rotatable bonds is 9. The second-order valence-corrected chi connectivity index (χ2v) is 11.5. The molecule has 0 saturated heterocycles. The molecule has 9 nitrogen and oxygen atoms in total. The molecule has 200 valence electrons. The van der Waals surface area contributed by atoms with E-state index < -0.39 is 21.6 Å². The minimum absolute atomic E-state index is 0.00702. The smallest absolute Gasteiger partial charge is 0.251 e. The molecular formula is C26H19Cl2FN4O5S. The first-order chi connectivity index (χ1) is 18.5. The van der Waals surface area contributed by atoms with E-state index in [0.717, 1.165) is 6.26 Å². The summed E-state index contributed by atoms with van der Waals surface area (Å²) >= 11 is 12.2. The number of nitrogens with one attached hydrogen (secondary N) is 1. The van der Waals surface area contributed by atoms with Crippen molar-refractivity contribution in [3.8, 4) is 29.0 Å². The first-order valence-electron chi connectivity index (χ1n) is 11.3. The van der Waals surface area contributed by atoms with Gasteiger partial charge < -0.3 is 14.5 Å². The number of carbonyl (C=O) groups is 1. The molecule has 0 saturated carbocycles. The molecule has 0 radical (unpaired) electrons. The van der Waals surface area contributed by atoms with Gasteiger partial charge in [-0.05, 0) is 42.5 Å². The molecule has 4 aromatic rings. The van der Waals surface area contributed by atoms with Crippen molar-refractivity contribution in [3.05, 3.63) is 93.0 Å². The average Bonchev–Trinajstić information content (AvgIpc) is 3.36. The van der Waals surface area contributed by atoms with E-state index >= 15 is 4.39 Å². The van der Waals surface area contributed by atoms with E-state index in [1.54, 1.807) is 18.2 Å². The Morgan fingerprint density at radius 2 is 1.95 bits per heavy atom. The predicted molar refractivity (Wildman–Crippen MR) is 142 cm³/mol. The van der Waals surface area contributed by atoms with Gasteiger partial charge in [0.2, 0.25) is 11.8 Å². The summed E-state index contributed by atoms with van der Waals surface area (Å²) in [6, 6.07) is 15.5. The average molecular weight is 589 g/mol. The second kappa shape index (κ2) is 11.8. The summed E-state index contributed by atoms with van der Waals surface area (Å²) in [7, 11) is -3.21. The fourth-order valence-electron chi connectivity index (χ4n) is 3.46. The third-order valence-corrected chi connectivity index (χ3v) is 6.75. The van der Waals surface area contributed by atoms with E-state index in [2.05, 4.69) is 15.5 Å². The number of nitrogens with zero attached hydrogens (tertiary/aromatic N) is 3. The van der Waals surface area contributed by atoms with Gasteiger partial charge in [-0.15, -0.1) is 10.2 Å². The number of nitriles is 1. The molecule has 0 unspecified atom stereocenters. The number of ether oxygens (including phenoxy) is 1. The lowest BCUT2D eigenvalue weighted by Crippen LogP contribution is -2.28. The van der Waals surface area contributed by atoms with Crippen LogP contribution in [-0.4, -0.2) is 43.1 Å². The molecule has 3 aromatic carbocycles. The van der Waals surface area contributed by atoms with Crippen LogP contribution in [0.5, 0.6) is 11.5 Å². The van der Waals surface area contributed by atoms with Gasteiger partial charge in [-0.2, -0.15) is 5.26 Å². The SMILES string of the molecule is CS(=O)(=O)CCNC(=O)c1cccc(-c2nnc(Cc3ccc(Cl)c(Oc4cc(Cl)cc(C#N)c4)c3F)o2)c1. The molecule has 13 heteroatoms. The standard InChI is InChI=1S/C26H19Cl2FN4O5S/c1-39(35,36)8-7-31-25(34)17-3-2-4-18(11-17)26-33-32-22(38-26)12-16-5-6-21(28)24(23(16)29)37-20-10-15(14-30)9-19(27)13-20/h2-6,9-11,13H,7-8,12H2,1H3,(H,31,34). The number of aromatic nitrogens is 2. The summed E-state index contributed by atoms with van der Waals surface area (Å²) in [6.45, 7) is -0.0260. The maximum atomic E-state index is 15.4. The zero-order valence-corrected chi connectivity index (χ0v) is 22.6. The summed E-state index contributed by atoms with van der Waals surface area (Å²) < 4.78 is 49.2. The quantitative estimate of drug-likeness (QED) is 0.281. The Labute approximate surface area is 233 Å². The van der Waals surface area contributed by atoms with Gasteiger partial charge in [0, 0.05) is 34.5 Å². The van der Waals surface area contributed by atoms with Crippen molar-refractivity contribution in [1.29, 1.82) is 5.26 Å². The zero-order valence-electron chi connectivity index (χ0n) is 20.2. The van der Waals surface area contributed by atoms with Crippen LogP contribution in [0.3, 0.4) is 0 Å². The van der Waals surface area contributed by atoms with E-state index in [9.17, 15) is 13.2 Å². The Balaban J connectivity index is 1.51. The molecule has 39 heavy (non-hydrogen) atoms. The highest BCUT2D eigenvalue weighted by molar-refractivity contribution is 7.90. The number of hydrogen-bond acceptors (Lipinski definition) is 8. The Hall–Kier alpha value is -3.98. The van der Waals surface area contributed by atoms with Crippen LogP contribution in [0.4, 0.5) is 4.39 Å². The molecule has 4 rings (SSSR count). The van der Waals surface area contributed by atoms with E-state index in [4.69, 9.17) is 37.6 Å². The summed E-state index contributed by atoms with van der Waals surface area (Å²) in [5, 5.41) is 19.9. The molecule has 0 bridgehead atoms. The van der Waals surface area contributed by atoms with Crippen LogP contribution in [0.15, 0.2) is 59.0 Å². The van der Waals surface area contributed by atoms with Crippen molar-refractivity contribution in [2.45, 2.75) is 6.42 Å².